The third-order valence-corrected chi connectivity index (χ3v) is 7.18. The number of fused-ring (bicyclic) bond motifs is 1. The van der Waals surface area contributed by atoms with E-state index in [0.717, 1.165) is 25.2 Å². The Bertz CT molecular complexity index is 787. The number of hydrogen-bond acceptors (Lipinski definition) is 3. The van der Waals surface area contributed by atoms with Gasteiger partial charge in [0, 0.05) is 29.3 Å². The molecule has 1 N–H and O–H groups in total. The Morgan fingerprint density at radius 3 is 2.62 bits per heavy atom. The highest BCUT2D eigenvalue weighted by Crippen LogP contribution is 2.64. The topological polar surface area (TPSA) is 32.3 Å². The second-order valence-corrected chi connectivity index (χ2v) is 9.24. The van der Waals surface area contributed by atoms with Crippen molar-refractivity contribution in [3.63, 3.8) is 0 Å². The summed E-state index contributed by atoms with van der Waals surface area (Å²) in [6, 6.07) is 10.2. The van der Waals surface area contributed by atoms with Gasteiger partial charge in [-0.15, -0.1) is 34.5 Å². The van der Waals surface area contributed by atoms with Gasteiger partial charge in [-0.2, -0.15) is 0 Å². The highest BCUT2D eigenvalue weighted by atomic mass is 35.5. The molecule has 6 heteroatoms. The molecule has 1 aromatic carbocycles. The number of amides is 1. The van der Waals surface area contributed by atoms with E-state index in [1.165, 1.54) is 16.1 Å². The number of carbonyl (C=O) groups excluding carboxylic acids is 1. The van der Waals surface area contributed by atoms with Gasteiger partial charge in [-0.3, -0.25) is 4.79 Å². The number of rotatable bonds is 3. The van der Waals surface area contributed by atoms with Crippen LogP contribution in [0.5, 0.6) is 0 Å². The molecule has 1 aliphatic carbocycles. The van der Waals surface area contributed by atoms with E-state index >= 15 is 0 Å². The van der Waals surface area contributed by atoms with E-state index in [9.17, 15) is 4.79 Å². The average molecular weight is 381 g/mol. The number of thiophene rings is 1. The maximum atomic E-state index is 12.3. The largest absolute Gasteiger partial charge is 0.367 e. The molecule has 0 spiro atoms. The normalized spacial score (nSPS) is 24.4. The number of nitrogens with zero attached hydrogens (tertiary/aromatic N) is 1. The van der Waals surface area contributed by atoms with Crippen LogP contribution < -0.4 is 10.2 Å². The standard InChI is InChI=1S/C18H18Cl2N2OS/c1-17(11-18(17,19)20)16(23)21-13-2-4-14(5-3-13)22-8-6-15-12(10-22)7-9-24-15/h2-5,7,9H,6,8,10-11H2,1H3,(H,21,23)/t17-/m0/s1. The summed E-state index contributed by atoms with van der Waals surface area (Å²) in [5, 5.41) is 5.08. The molecule has 0 saturated heterocycles. The number of halogens is 2. The van der Waals surface area contributed by atoms with E-state index < -0.39 is 9.75 Å². The van der Waals surface area contributed by atoms with Crippen molar-refractivity contribution in [1.82, 2.24) is 0 Å². The van der Waals surface area contributed by atoms with Gasteiger partial charge in [-0.25, -0.2) is 0 Å². The van der Waals surface area contributed by atoms with Crippen LogP contribution in [0.2, 0.25) is 0 Å². The van der Waals surface area contributed by atoms with E-state index in [-0.39, 0.29) is 5.91 Å². The van der Waals surface area contributed by atoms with Crippen LogP contribution in [0.3, 0.4) is 0 Å². The lowest BCUT2D eigenvalue weighted by molar-refractivity contribution is -0.120. The van der Waals surface area contributed by atoms with Gasteiger partial charge in [0.25, 0.3) is 0 Å². The average Bonchev–Trinajstić information content (AvgIpc) is 2.90. The van der Waals surface area contributed by atoms with Crippen molar-refractivity contribution in [1.29, 1.82) is 0 Å². The van der Waals surface area contributed by atoms with Crippen LogP contribution in [0.4, 0.5) is 11.4 Å². The van der Waals surface area contributed by atoms with E-state index in [4.69, 9.17) is 23.2 Å². The first-order valence-electron chi connectivity index (χ1n) is 7.99. The Labute approximate surface area is 155 Å². The summed E-state index contributed by atoms with van der Waals surface area (Å²) in [6.07, 6.45) is 1.58. The molecule has 3 nitrogen and oxygen atoms in total. The molecule has 126 valence electrons. The molecule has 1 saturated carbocycles. The minimum Gasteiger partial charge on any atom is -0.367 e. The zero-order valence-electron chi connectivity index (χ0n) is 13.3. The van der Waals surface area contributed by atoms with Gasteiger partial charge in [-0.05, 0) is 61.0 Å². The Balaban J connectivity index is 1.43. The summed E-state index contributed by atoms with van der Waals surface area (Å²) in [6.45, 7) is 3.77. The lowest BCUT2D eigenvalue weighted by atomic mass is 10.1. The maximum absolute atomic E-state index is 12.3. The van der Waals surface area contributed by atoms with Gasteiger partial charge in [-0.1, -0.05) is 0 Å². The second-order valence-electron chi connectivity index (χ2n) is 6.75. The predicted molar refractivity (Wildman–Crippen MR) is 101 cm³/mol. The van der Waals surface area contributed by atoms with Crippen LogP contribution >= 0.6 is 34.5 Å². The first-order valence-corrected chi connectivity index (χ1v) is 9.62. The van der Waals surface area contributed by atoms with Crippen molar-refractivity contribution >= 4 is 51.8 Å². The van der Waals surface area contributed by atoms with Crippen LogP contribution in [-0.4, -0.2) is 16.8 Å². The van der Waals surface area contributed by atoms with Crippen LogP contribution in [0.1, 0.15) is 23.8 Å². The first-order chi connectivity index (χ1) is 11.4. The third-order valence-electron chi connectivity index (χ3n) is 5.06. The summed E-state index contributed by atoms with van der Waals surface area (Å²) >= 11 is 14.0. The van der Waals surface area contributed by atoms with Crippen LogP contribution in [0.25, 0.3) is 0 Å². The summed E-state index contributed by atoms with van der Waals surface area (Å²) in [5.41, 5.74) is 2.67. The number of anilines is 2. The Hall–Kier alpha value is -1.23. The Morgan fingerprint density at radius 1 is 1.25 bits per heavy atom. The minimum absolute atomic E-state index is 0.124. The minimum atomic E-state index is -0.941. The van der Waals surface area contributed by atoms with Gasteiger partial charge in [0.2, 0.25) is 5.91 Å². The highest BCUT2D eigenvalue weighted by molar-refractivity contribution is 7.10. The third kappa shape index (κ3) is 2.71. The van der Waals surface area contributed by atoms with Crippen molar-refractivity contribution in [2.45, 2.75) is 30.6 Å². The SMILES string of the molecule is C[C@@]1(C(=O)Nc2ccc(N3CCc4sccc4C3)cc2)CC1(Cl)Cl. The molecule has 1 atom stereocenters. The monoisotopic (exact) mass is 380 g/mol. The first kappa shape index (κ1) is 16.2. The van der Waals surface area contributed by atoms with Gasteiger partial charge < -0.3 is 10.2 Å². The van der Waals surface area contributed by atoms with E-state index in [1.54, 1.807) is 6.92 Å². The molecule has 1 aliphatic heterocycles. The molecule has 2 aromatic rings. The summed E-state index contributed by atoms with van der Waals surface area (Å²) in [5.74, 6) is -0.124. The van der Waals surface area contributed by atoms with Crippen molar-refractivity contribution in [2.24, 2.45) is 5.41 Å². The molecule has 24 heavy (non-hydrogen) atoms. The number of benzene rings is 1. The predicted octanol–water partition coefficient (Wildman–Crippen LogP) is 4.83. The number of carbonyl (C=O) groups is 1. The Morgan fingerprint density at radius 2 is 1.96 bits per heavy atom. The lowest BCUT2D eigenvalue weighted by Crippen LogP contribution is -2.29. The molecule has 0 bridgehead atoms. The van der Waals surface area contributed by atoms with E-state index in [0.29, 0.717) is 6.42 Å². The zero-order chi connectivity index (χ0) is 16.9. The van der Waals surface area contributed by atoms with Crippen molar-refractivity contribution < 1.29 is 4.79 Å². The van der Waals surface area contributed by atoms with Gasteiger partial charge in [0.05, 0.1) is 5.41 Å². The number of alkyl halides is 2. The van der Waals surface area contributed by atoms with Crippen LogP contribution in [0.15, 0.2) is 35.7 Å². The van der Waals surface area contributed by atoms with Crippen molar-refractivity contribution in [2.75, 3.05) is 16.8 Å². The molecule has 4 rings (SSSR count). The smallest absolute Gasteiger partial charge is 0.233 e. The molecule has 1 aromatic heterocycles. The van der Waals surface area contributed by atoms with Gasteiger partial charge in [0.15, 0.2) is 0 Å². The van der Waals surface area contributed by atoms with Crippen LogP contribution in [-0.2, 0) is 17.8 Å². The second kappa shape index (κ2) is 5.65. The Kier molecular flexibility index (Phi) is 3.83. The van der Waals surface area contributed by atoms with Gasteiger partial charge >= 0.3 is 0 Å². The van der Waals surface area contributed by atoms with E-state index in [1.807, 2.05) is 23.5 Å². The molecule has 1 amide bonds. The highest BCUT2D eigenvalue weighted by Gasteiger charge is 2.67. The molecule has 2 heterocycles. The van der Waals surface area contributed by atoms with Gasteiger partial charge in [0.1, 0.15) is 4.33 Å². The molecular formula is C18H18Cl2N2OS. The summed E-state index contributed by atoms with van der Waals surface area (Å²) < 4.78 is -0.941. The maximum Gasteiger partial charge on any atom is 0.233 e. The fourth-order valence-electron chi connectivity index (χ4n) is 3.14. The fourth-order valence-corrected chi connectivity index (χ4v) is 4.74. The summed E-state index contributed by atoms with van der Waals surface area (Å²) in [7, 11) is 0. The quantitative estimate of drug-likeness (QED) is 0.773. The zero-order valence-corrected chi connectivity index (χ0v) is 15.6. The number of nitrogens with one attached hydrogen (secondary N) is 1. The lowest BCUT2D eigenvalue weighted by Gasteiger charge is -2.29. The molecule has 0 unspecified atom stereocenters. The molecule has 1 fully saturated rings. The van der Waals surface area contributed by atoms with Crippen LogP contribution in [0, 0.1) is 5.41 Å². The van der Waals surface area contributed by atoms with Crippen molar-refractivity contribution in [3.8, 4) is 0 Å². The molecule has 2 aliphatic rings. The fraction of sp³-hybridized carbons (Fsp3) is 0.389. The summed E-state index contributed by atoms with van der Waals surface area (Å²) in [4.78, 5) is 16.2. The van der Waals surface area contributed by atoms with Crippen molar-refractivity contribution in [3.05, 3.63) is 46.2 Å². The number of hydrogen-bond donors (Lipinski definition) is 1. The van der Waals surface area contributed by atoms with E-state index in [2.05, 4.69) is 33.8 Å². The molecular weight excluding hydrogens is 363 g/mol. The molecule has 0 radical (unpaired) electrons.